The Morgan fingerprint density at radius 2 is 2.24 bits per heavy atom. The highest BCUT2D eigenvalue weighted by atomic mass is 35.5. The molecule has 0 aromatic heterocycles. The number of hydrogen-bond donors (Lipinski definition) is 2. The Balaban J connectivity index is 2.03. The molecule has 21 heavy (non-hydrogen) atoms. The second kappa shape index (κ2) is 7.23. The molecule has 0 bridgehead atoms. The maximum atomic E-state index is 11.6. The maximum absolute atomic E-state index is 11.6. The molecule has 0 amide bonds. The van der Waals surface area contributed by atoms with Crippen molar-refractivity contribution in [2.24, 2.45) is 0 Å². The molecule has 6 heteroatoms. The van der Waals surface area contributed by atoms with Gasteiger partial charge in [-0.3, -0.25) is 4.79 Å². The van der Waals surface area contributed by atoms with Crippen LogP contribution in [0.25, 0.3) is 0 Å². The van der Waals surface area contributed by atoms with E-state index < -0.39 is 11.5 Å². The van der Waals surface area contributed by atoms with E-state index in [2.05, 4.69) is 5.32 Å². The highest BCUT2D eigenvalue weighted by molar-refractivity contribution is 8.00. The Morgan fingerprint density at radius 1 is 1.48 bits per heavy atom. The van der Waals surface area contributed by atoms with Crippen LogP contribution < -0.4 is 5.32 Å². The molecule has 1 aromatic rings. The van der Waals surface area contributed by atoms with E-state index in [4.69, 9.17) is 23.2 Å². The van der Waals surface area contributed by atoms with Crippen LogP contribution in [0.3, 0.4) is 0 Å². The van der Waals surface area contributed by atoms with E-state index >= 15 is 0 Å². The van der Waals surface area contributed by atoms with Gasteiger partial charge in [-0.15, -0.1) is 11.8 Å². The molecule has 3 nitrogen and oxygen atoms in total. The predicted molar refractivity (Wildman–Crippen MR) is 88.6 cm³/mol. The second-order valence-electron chi connectivity index (χ2n) is 5.37. The van der Waals surface area contributed by atoms with Gasteiger partial charge in [0, 0.05) is 10.1 Å². The molecule has 1 fully saturated rings. The normalized spacial score (nSPS) is 25.2. The Labute approximate surface area is 139 Å². The molecule has 0 heterocycles. The van der Waals surface area contributed by atoms with Crippen LogP contribution in [0, 0.1) is 0 Å². The lowest BCUT2D eigenvalue weighted by atomic mass is 9.98. The topological polar surface area (TPSA) is 49.3 Å². The number of carbonyl (C=O) groups is 1. The second-order valence-corrected chi connectivity index (χ2v) is 7.56. The third kappa shape index (κ3) is 4.07. The molecule has 2 atom stereocenters. The number of thioether (sulfide) groups is 1. The fourth-order valence-electron chi connectivity index (χ4n) is 2.64. The van der Waals surface area contributed by atoms with Gasteiger partial charge in [0.05, 0.1) is 10.0 Å². The van der Waals surface area contributed by atoms with Gasteiger partial charge < -0.3 is 10.4 Å². The van der Waals surface area contributed by atoms with E-state index in [0.717, 1.165) is 24.3 Å². The summed E-state index contributed by atoms with van der Waals surface area (Å²) in [7, 11) is 0. The van der Waals surface area contributed by atoms with Gasteiger partial charge in [-0.25, -0.2) is 0 Å². The lowest BCUT2D eigenvalue weighted by molar-refractivity contribution is -0.144. The minimum Gasteiger partial charge on any atom is -0.480 e. The zero-order chi connectivity index (χ0) is 15.5. The Bertz CT molecular complexity index is 526. The minimum absolute atomic E-state index is 0.280. The number of carboxylic acid groups (broad SMARTS) is 1. The lowest BCUT2D eigenvalue weighted by Gasteiger charge is -2.25. The van der Waals surface area contributed by atoms with Gasteiger partial charge in [0.15, 0.2) is 0 Å². The standard InChI is InChI=1S/C15H19Cl2NO2S/c1-2-7-18-15(14(19)20)6-5-11(9-15)21-10-3-4-12(16)13(17)8-10/h3-4,8,11,18H,2,5-7,9H2,1H3,(H,19,20). The van der Waals surface area contributed by atoms with E-state index in [1.807, 2.05) is 19.1 Å². The SMILES string of the molecule is CCCNC1(C(=O)O)CCC(Sc2ccc(Cl)c(Cl)c2)C1. The van der Waals surface area contributed by atoms with E-state index in [1.165, 1.54) is 0 Å². The first kappa shape index (κ1) is 16.9. The van der Waals surface area contributed by atoms with Crippen molar-refractivity contribution in [1.29, 1.82) is 0 Å². The van der Waals surface area contributed by atoms with Crippen molar-refractivity contribution >= 4 is 40.9 Å². The molecule has 2 rings (SSSR count). The van der Waals surface area contributed by atoms with E-state index in [-0.39, 0.29) is 5.25 Å². The number of hydrogen-bond acceptors (Lipinski definition) is 3. The van der Waals surface area contributed by atoms with Crippen molar-refractivity contribution in [3.8, 4) is 0 Å². The summed E-state index contributed by atoms with van der Waals surface area (Å²) >= 11 is 13.6. The Kier molecular flexibility index (Phi) is 5.83. The average Bonchev–Trinajstić information content (AvgIpc) is 2.85. The molecule has 116 valence electrons. The molecular weight excluding hydrogens is 329 g/mol. The first-order valence-corrected chi connectivity index (χ1v) is 8.70. The summed E-state index contributed by atoms with van der Waals surface area (Å²) in [5.41, 5.74) is -0.774. The van der Waals surface area contributed by atoms with Gasteiger partial charge >= 0.3 is 5.97 Å². The van der Waals surface area contributed by atoms with Crippen LogP contribution in [0.2, 0.25) is 10.0 Å². The highest BCUT2D eigenvalue weighted by Crippen LogP contribution is 2.41. The molecule has 2 unspecified atom stereocenters. The van der Waals surface area contributed by atoms with Crippen LogP contribution in [-0.4, -0.2) is 28.4 Å². The number of carboxylic acids is 1. The lowest BCUT2D eigenvalue weighted by Crippen LogP contribution is -2.50. The summed E-state index contributed by atoms with van der Waals surface area (Å²) < 4.78 is 0. The minimum atomic E-state index is -0.774. The number of aliphatic carboxylic acids is 1. The summed E-state index contributed by atoms with van der Waals surface area (Å²) in [6, 6.07) is 5.55. The molecular formula is C15H19Cl2NO2S. The largest absolute Gasteiger partial charge is 0.480 e. The molecule has 0 radical (unpaired) electrons. The first-order valence-electron chi connectivity index (χ1n) is 7.07. The number of rotatable bonds is 6. The molecule has 1 aliphatic carbocycles. The molecule has 0 aliphatic heterocycles. The average molecular weight is 348 g/mol. The molecule has 1 aliphatic rings. The predicted octanol–water partition coefficient (Wildman–Crippen LogP) is 4.46. The van der Waals surface area contributed by atoms with Crippen LogP contribution in [0.5, 0.6) is 0 Å². The Hall–Kier alpha value is -0.420. The Morgan fingerprint density at radius 3 is 2.86 bits per heavy atom. The number of benzene rings is 1. The van der Waals surface area contributed by atoms with Gasteiger partial charge in [0.25, 0.3) is 0 Å². The van der Waals surface area contributed by atoms with Crippen molar-refractivity contribution < 1.29 is 9.90 Å². The smallest absolute Gasteiger partial charge is 0.323 e. The summed E-state index contributed by atoms with van der Waals surface area (Å²) in [4.78, 5) is 12.6. The van der Waals surface area contributed by atoms with Crippen molar-refractivity contribution in [2.45, 2.75) is 48.3 Å². The fourth-order valence-corrected chi connectivity index (χ4v) is 4.32. The summed E-state index contributed by atoms with van der Waals surface area (Å²) in [6.07, 6.45) is 3.11. The number of halogens is 2. The summed E-state index contributed by atoms with van der Waals surface area (Å²) in [5.74, 6) is -0.742. The summed E-state index contributed by atoms with van der Waals surface area (Å²) in [5, 5.41) is 14.1. The third-order valence-corrected chi connectivity index (χ3v) is 5.79. The highest BCUT2D eigenvalue weighted by Gasteiger charge is 2.45. The number of nitrogens with one attached hydrogen (secondary N) is 1. The van der Waals surface area contributed by atoms with Gasteiger partial charge in [0.2, 0.25) is 0 Å². The van der Waals surface area contributed by atoms with Gasteiger partial charge in [-0.2, -0.15) is 0 Å². The van der Waals surface area contributed by atoms with Gasteiger partial charge in [-0.1, -0.05) is 30.1 Å². The fraction of sp³-hybridized carbons (Fsp3) is 0.533. The van der Waals surface area contributed by atoms with Crippen LogP contribution >= 0.6 is 35.0 Å². The van der Waals surface area contributed by atoms with Crippen LogP contribution in [0.15, 0.2) is 23.1 Å². The molecule has 0 spiro atoms. The van der Waals surface area contributed by atoms with E-state index in [9.17, 15) is 9.90 Å². The molecule has 0 saturated heterocycles. The van der Waals surface area contributed by atoms with Gasteiger partial charge in [-0.05, 0) is 50.4 Å². The monoisotopic (exact) mass is 347 g/mol. The van der Waals surface area contributed by atoms with Crippen LogP contribution in [0.4, 0.5) is 0 Å². The molecule has 1 saturated carbocycles. The van der Waals surface area contributed by atoms with Crippen LogP contribution in [0.1, 0.15) is 32.6 Å². The third-order valence-electron chi connectivity index (χ3n) is 3.79. The zero-order valence-corrected chi connectivity index (χ0v) is 14.2. The van der Waals surface area contributed by atoms with E-state index in [1.54, 1.807) is 17.8 Å². The van der Waals surface area contributed by atoms with Crippen molar-refractivity contribution in [1.82, 2.24) is 5.32 Å². The van der Waals surface area contributed by atoms with Crippen molar-refractivity contribution in [3.63, 3.8) is 0 Å². The summed E-state index contributed by atoms with van der Waals surface area (Å²) in [6.45, 7) is 2.77. The van der Waals surface area contributed by atoms with Gasteiger partial charge in [0.1, 0.15) is 5.54 Å². The van der Waals surface area contributed by atoms with Crippen molar-refractivity contribution in [2.75, 3.05) is 6.54 Å². The molecule has 1 aromatic carbocycles. The van der Waals surface area contributed by atoms with Crippen molar-refractivity contribution in [3.05, 3.63) is 28.2 Å². The molecule has 2 N–H and O–H groups in total. The van der Waals surface area contributed by atoms with E-state index in [0.29, 0.717) is 22.9 Å². The first-order chi connectivity index (χ1) is 9.97. The van der Waals surface area contributed by atoms with Crippen LogP contribution in [-0.2, 0) is 4.79 Å². The maximum Gasteiger partial charge on any atom is 0.323 e. The zero-order valence-electron chi connectivity index (χ0n) is 11.9. The quantitative estimate of drug-likeness (QED) is 0.797.